The first-order valence-electron chi connectivity index (χ1n) is 10.6. The van der Waals surface area contributed by atoms with Crippen LogP contribution in [0.15, 0.2) is 4.99 Å². The minimum absolute atomic E-state index is 0.182. The standard InChI is InChI=1S/C20H38N4O2/c1-16-12-17(2)14-23(13-16)8-5-7-22-20(21-3)24-9-11-26-19(15-24)18-6-4-10-25-18/h16-19H,4-15H2,1-3H3,(H,21,22). The molecule has 0 spiro atoms. The molecule has 3 saturated heterocycles. The maximum atomic E-state index is 5.96. The number of rotatable bonds is 5. The van der Waals surface area contributed by atoms with Crippen LogP contribution in [0.2, 0.25) is 0 Å². The van der Waals surface area contributed by atoms with Crippen LogP contribution in [0.25, 0.3) is 0 Å². The van der Waals surface area contributed by atoms with Crippen LogP contribution < -0.4 is 5.32 Å². The SMILES string of the molecule is CN=C(NCCCN1CC(C)CC(C)C1)N1CCOC(C2CCCO2)C1. The van der Waals surface area contributed by atoms with Crippen molar-refractivity contribution in [3.8, 4) is 0 Å². The van der Waals surface area contributed by atoms with Crippen LogP contribution in [-0.2, 0) is 9.47 Å². The van der Waals surface area contributed by atoms with Crippen molar-refractivity contribution >= 4 is 5.96 Å². The highest BCUT2D eigenvalue weighted by molar-refractivity contribution is 5.80. The first-order chi connectivity index (χ1) is 12.7. The van der Waals surface area contributed by atoms with Crippen molar-refractivity contribution in [3.05, 3.63) is 0 Å². The lowest BCUT2D eigenvalue weighted by molar-refractivity contribution is -0.0816. The summed E-state index contributed by atoms with van der Waals surface area (Å²) in [5, 5.41) is 3.57. The maximum Gasteiger partial charge on any atom is 0.193 e. The van der Waals surface area contributed by atoms with E-state index in [-0.39, 0.29) is 12.2 Å². The number of morpholine rings is 1. The lowest BCUT2D eigenvalue weighted by Crippen LogP contribution is -2.53. The summed E-state index contributed by atoms with van der Waals surface area (Å²) in [5.74, 6) is 2.68. The summed E-state index contributed by atoms with van der Waals surface area (Å²) in [7, 11) is 1.88. The van der Waals surface area contributed by atoms with Gasteiger partial charge in [-0.2, -0.15) is 0 Å². The van der Waals surface area contributed by atoms with Gasteiger partial charge >= 0.3 is 0 Å². The van der Waals surface area contributed by atoms with Gasteiger partial charge < -0.3 is 24.6 Å². The number of nitrogens with zero attached hydrogens (tertiary/aromatic N) is 3. The van der Waals surface area contributed by atoms with Gasteiger partial charge in [0, 0.05) is 46.4 Å². The number of likely N-dealkylation sites (tertiary alicyclic amines) is 1. The Hall–Kier alpha value is -0.850. The fourth-order valence-electron chi connectivity index (χ4n) is 4.80. The van der Waals surface area contributed by atoms with Crippen molar-refractivity contribution < 1.29 is 9.47 Å². The van der Waals surface area contributed by atoms with Crippen LogP contribution in [0.3, 0.4) is 0 Å². The predicted molar refractivity (Wildman–Crippen MR) is 106 cm³/mol. The Morgan fingerprint density at radius 3 is 2.54 bits per heavy atom. The first-order valence-corrected chi connectivity index (χ1v) is 10.6. The minimum atomic E-state index is 0.182. The molecule has 0 aromatic rings. The summed E-state index contributed by atoms with van der Waals surface area (Å²) < 4.78 is 11.8. The van der Waals surface area contributed by atoms with Gasteiger partial charge in [0.2, 0.25) is 0 Å². The van der Waals surface area contributed by atoms with E-state index in [1.165, 1.54) is 26.1 Å². The van der Waals surface area contributed by atoms with E-state index < -0.39 is 0 Å². The molecule has 3 aliphatic rings. The molecular formula is C20H38N4O2. The number of nitrogens with one attached hydrogen (secondary N) is 1. The Labute approximate surface area is 159 Å². The van der Waals surface area contributed by atoms with Crippen LogP contribution in [0.1, 0.15) is 39.5 Å². The van der Waals surface area contributed by atoms with Gasteiger partial charge in [0.15, 0.2) is 5.96 Å². The fourth-order valence-corrected chi connectivity index (χ4v) is 4.80. The Morgan fingerprint density at radius 2 is 1.85 bits per heavy atom. The van der Waals surface area contributed by atoms with E-state index in [2.05, 4.69) is 34.0 Å². The summed E-state index contributed by atoms with van der Waals surface area (Å²) in [5.41, 5.74) is 0. The Bertz CT molecular complexity index is 443. The largest absolute Gasteiger partial charge is 0.375 e. The van der Waals surface area contributed by atoms with E-state index >= 15 is 0 Å². The third-order valence-electron chi connectivity index (χ3n) is 5.86. The van der Waals surface area contributed by atoms with E-state index in [9.17, 15) is 0 Å². The van der Waals surface area contributed by atoms with Crippen LogP contribution in [0, 0.1) is 11.8 Å². The van der Waals surface area contributed by atoms with E-state index in [1.54, 1.807) is 0 Å². The van der Waals surface area contributed by atoms with Crippen LogP contribution in [-0.4, -0.2) is 87.5 Å². The number of guanidine groups is 1. The molecule has 6 nitrogen and oxygen atoms in total. The van der Waals surface area contributed by atoms with Gasteiger partial charge in [0.05, 0.1) is 12.7 Å². The summed E-state index contributed by atoms with van der Waals surface area (Å²) in [4.78, 5) is 9.47. The molecule has 4 atom stereocenters. The first kappa shape index (κ1) is 19.9. The number of piperidine rings is 1. The van der Waals surface area contributed by atoms with Crippen molar-refractivity contribution in [2.45, 2.75) is 51.7 Å². The molecule has 3 fully saturated rings. The molecule has 3 heterocycles. The maximum absolute atomic E-state index is 5.96. The van der Waals surface area contributed by atoms with Gasteiger partial charge in [-0.1, -0.05) is 13.8 Å². The molecule has 6 heteroatoms. The zero-order valence-electron chi connectivity index (χ0n) is 17.0. The van der Waals surface area contributed by atoms with Gasteiger partial charge in [0.1, 0.15) is 6.10 Å². The lowest BCUT2D eigenvalue weighted by atomic mass is 9.92. The molecule has 3 rings (SSSR count). The summed E-state index contributed by atoms with van der Waals surface area (Å²) in [6.07, 6.45) is 5.27. The number of hydrogen-bond acceptors (Lipinski definition) is 4. The highest BCUT2D eigenvalue weighted by Gasteiger charge is 2.32. The number of hydrogen-bond donors (Lipinski definition) is 1. The van der Waals surface area contributed by atoms with Crippen molar-refractivity contribution in [3.63, 3.8) is 0 Å². The molecule has 0 aliphatic carbocycles. The van der Waals surface area contributed by atoms with Crippen LogP contribution >= 0.6 is 0 Å². The van der Waals surface area contributed by atoms with Gasteiger partial charge in [-0.15, -0.1) is 0 Å². The quantitative estimate of drug-likeness (QED) is 0.457. The average molecular weight is 367 g/mol. The normalized spacial score (nSPS) is 34.3. The highest BCUT2D eigenvalue weighted by Crippen LogP contribution is 2.22. The average Bonchev–Trinajstić information content (AvgIpc) is 3.16. The highest BCUT2D eigenvalue weighted by atomic mass is 16.5. The zero-order valence-corrected chi connectivity index (χ0v) is 17.0. The fraction of sp³-hybridized carbons (Fsp3) is 0.950. The van der Waals surface area contributed by atoms with E-state index in [4.69, 9.17) is 9.47 Å². The zero-order chi connectivity index (χ0) is 18.4. The van der Waals surface area contributed by atoms with E-state index in [0.717, 1.165) is 69.9 Å². The molecule has 1 N–H and O–H groups in total. The van der Waals surface area contributed by atoms with Crippen molar-refractivity contribution in [1.82, 2.24) is 15.1 Å². The van der Waals surface area contributed by atoms with Crippen LogP contribution in [0.5, 0.6) is 0 Å². The predicted octanol–water partition coefficient (Wildman–Crippen LogP) is 1.81. The van der Waals surface area contributed by atoms with Crippen LogP contribution in [0.4, 0.5) is 0 Å². The smallest absolute Gasteiger partial charge is 0.193 e. The number of ether oxygens (including phenoxy) is 2. The second-order valence-corrected chi connectivity index (χ2v) is 8.44. The molecule has 4 unspecified atom stereocenters. The summed E-state index contributed by atoms with van der Waals surface area (Å²) >= 11 is 0. The van der Waals surface area contributed by atoms with Crippen molar-refractivity contribution in [2.24, 2.45) is 16.8 Å². The van der Waals surface area contributed by atoms with E-state index in [1.807, 2.05) is 7.05 Å². The molecular weight excluding hydrogens is 328 g/mol. The Morgan fingerprint density at radius 1 is 1.08 bits per heavy atom. The molecule has 26 heavy (non-hydrogen) atoms. The van der Waals surface area contributed by atoms with Crippen molar-refractivity contribution in [1.29, 1.82) is 0 Å². The molecule has 0 aromatic heterocycles. The second-order valence-electron chi connectivity index (χ2n) is 8.44. The van der Waals surface area contributed by atoms with Gasteiger partial charge in [-0.25, -0.2) is 0 Å². The molecule has 0 aromatic carbocycles. The monoisotopic (exact) mass is 366 g/mol. The molecule has 0 bridgehead atoms. The topological polar surface area (TPSA) is 49.3 Å². The third-order valence-corrected chi connectivity index (χ3v) is 5.86. The van der Waals surface area contributed by atoms with Gasteiger partial charge in [0.25, 0.3) is 0 Å². The Kier molecular flexibility index (Phi) is 7.58. The minimum Gasteiger partial charge on any atom is -0.375 e. The van der Waals surface area contributed by atoms with Gasteiger partial charge in [-0.05, 0) is 44.1 Å². The molecule has 150 valence electrons. The van der Waals surface area contributed by atoms with E-state index in [0.29, 0.717) is 0 Å². The van der Waals surface area contributed by atoms with Gasteiger partial charge in [-0.3, -0.25) is 4.99 Å². The van der Waals surface area contributed by atoms with Crippen molar-refractivity contribution in [2.75, 3.05) is 59.5 Å². The summed E-state index contributed by atoms with van der Waals surface area (Å²) in [6.45, 7) is 12.9. The lowest BCUT2D eigenvalue weighted by Gasteiger charge is -2.37. The number of aliphatic imine (C=N–C) groups is 1. The molecule has 0 radical (unpaired) electrons. The Balaban J connectivity index is 1.38. The second kappa shape index (κ2) is 9.90. The molecule has 0 saturated carbocycles. The molecule has 0 amide bonds. The third kappa shape index (κ3) is 5.57. The molecule has 3 aliphatic heterocycles. The summed E-state index contributed by atoms with van der Waals surface area (Å²) in [6, 6.07) is 0.